The average molecular weight is 382 g/mol. The summed E-state index contributed by atoms with van der Waals surface area (Å²) in [5.74, 6) is 0.517. The lowest BCUT2D eigenvalue weighted by Gasteiger charge is -2.25. The zero-order valence-corrected chi connectivity index (χ0v) is 15.4. The molecule has 7 heteroatoms. The van der Waals surface area contributed by atoms with Crippen molar-refractivity contribution >= 4 is 17.5 Å². The number of hydrogen-bond donors (Lipinski definition) is 2. The summed E-state index contributed by atoms with van der Waals surface area (Å²) >= 11 is 0. The molecule has 0 spiro atoms. The number of nitrogens with one attached hydrogen (secondary N) is 2. The van der Waals surface area contributed by atoms with Gasteiger partial charge in [-0.05, 0) is 37.1 Å². The summed E-state index contributed by atoms with van der Waals surface area (Å²) in [4.78, 5) is 25.2. The van der Waals surface area contributed by atoms with Gasteiger partial charge in [-0.3, -0.25) is 9.59 Å². The first kappa shape index (κ1) is 18.3. The summed E-state index contributed by atoms with van der Waals surface area (Å²) in [5, 5.41) is 5.66. The Morgan fingerprint density at radius 1 is 1.04 bits per heavy atom. The Hall–Kier alpha value is -3.06. The third kappa shape index (κ3) is 4.09. The van der Waals surface area contributed by atoms with Crippen molar-refractivity contribution < 1.29 is 23.8 Å². The highest BCUT2D eigenvalue weighted by atomic mass is 16.6. The van der Waals surface area contributed by atoms with E-state index in [1.165, 1.54) is 0 Å². The highest BCUT2D eigenvalue weighted by Gasteiger charge is 2.28. The molecule has 2 aromatic carbocycles. The van der Waals surface area contributed by atoms with Gasteiger partial charge < -0.3 is 24.8 Å². The lowest BCUT2D eigenvalue weighted by molar-refractivity contribution is -0.125. The Bertz CT molecular complexity index is 863. The number of ether oxygens (including phenoxy) is 3. The van der Waals surface area contributed by atoms with Gasteiger partial charge in [-0.1, -0.05) is 24.3 Å². The van der Waals surface area contributed by atoms with E-state index >= 15 is 0 Å². The molecule has 0 unspecified atom stereocenters. The molecule has 2 heterocycles. The van der Waals surface area contributed by atoms with Crippen LogP contribution in [0.1, 0.15) is 23.2 Å². The summed E-state index contributed by atoms with van der Waals surface area (Å²) < 4.78 is 16.8. The zero-order valence-electron chi connectivity index (χ0n) is 15.4. The van der Waals surface area contributed by atoms with Gasteiger partial charge in [-0.25, -0.2) is 0 Å². The first-order valence-electron chi connectivity index (χ1n) is 9.39. The number of para-hydroxylation sites is 3. The van der Waals surface area contributed by atoms with Crippen molar-refractivity contribution in [2.45, 2.75) is 25.0 Å². The van der Waals surface area contributed by atoms with Crippen LogP contribution in [-0.4, -0.2) is 43.8 Å². The van der Waals surface area contributed by atoms with Crippen LogP contribution in [0.25, 0.3) is 0 Å². The third-order valence-electron chi connectivity index (χ3n) is 4.74. The van der Waals surface area contributed by atoms with E-state index < -0.39 is 6.10 Å². The fourth-order valence-electron chi connectivity index (χ4n) is 3.26. The van der Waals surface area contributed by atoms with Gasteiger partial charge in [0.05, 0.1) is 17.4 Å². The van der Waals surface area contributed by atoms with Crippen molar-refractivity contribution in [2.24, 2.45) is 0 Å². The Labute approximate surface area is 163 Å². The minimum atomic E-state index is -0.794. The molecule has 0 bridgehead atoms. The molecule has 7 nitrogen and oxygen atoms in total. The van der Waals surface area contributed by atoms with E-state index in [9.17, 15) is 9.59 Å². The fourth-order valence-corrected chi connectivity index (χ4v) is 3.26. The van der Waals surface area contributed by atoms with Crippen molar-refractivity contribution in [3.05, 3.63) is 54.1 Å². The van der Waals surface area contributed by atoms with Crippen LogP contribution in [0.4, 0.5) is 5.69 Å². The van der Waals surface area contributed by atoms with Crippen LogP contribution in [0.3, 0.4) is 0 Å². The molecule has 0 aliphatic carbocycles. The lowest BCUT2D eigenvalue weighted by atomic mass is 10.1. The first-order valence-corrected chi connectivity index (χ1v) is 9.39. The third-order valence-corrected chi connectivity index (χ3v) is 4.74. The molecule has 2 N–H and O–H groups in total. The van der Waals surface area contributed by atoms with Crippen LogP contribution in [0.15, 0.2) is 48.5 Å². The van der Waals surface area contributed by atoms with Gasteiger partial charge in [0, 0.05) is 13.2 Å². The molecule has 2 aliphatic heterocycles. The minimum Gasteiger partial charge on any atom is -0.485 e. The summed E-state index contributed by atoms with van der Waals surface area (Å²) in [6, 6.07) is 14.1. The van der Waals surface area contributed by atoms with Crippen molar-refractivity contribution in [1.82, 2.24) is 5.32 Å². The number of carbonyl (C=O) groups excluding carboxylic acids is 2. The topological polar surface area (TPSA) is 85.9 Å². The summed E-state index contributed by atoms with van der Waals surface area (Å²) in [5.41, 5.74) is 0.825. The quantitative estimate of drug-likeness (QED) is 0.829. The summed E-state index contributed by atoms with van der Waals surface area (Å²) in [6.07, 6.45) is 1.22. The largest absolute Gasteiger partial charge is 0.485 e. The molecule has 0 aromatic heterocycles. The predicted octanol–water partition coefficient (Wildman–Crippen LogP) is 2.37. The minimum absolute atomic E-state index is 0.0542. The second-order valence-corrected chi connectivity index (χ2v) is 6.74. The number of rotatable bonds is 5. The van der Waals surface area contributed by atoms with Gasteiger partial charge in [-0.2, -0.15) is 0 Å². The monoisotopic (exact) mass is 382 g/mol. The van der Waals surface area contributed by atoms with Gasteiger partial charge in [-0.15, -0.1) is 0 Å². The van der Waals surface area contributed by atoms with Crippen molar-refractivity contribution in [1.29, 1.82) is 0 Å². The molecule has 0 radical (unpaired) electrons. The molecule has 146 valence electrons. The first-order chi connectivity index (χ1) is 13.7. The fraction of sp³-hybridized carbons (Fsp3) is 0.333. The number of amides is 2. The molecule has 1 fully saturated rings. The zero-order chi connectivity index (χ0) is 19.3. The molecule has 2 aromatic rings. The summed E-state index contributed by atoms with van der Waals surface area (Å²) in [6.45, 7) is 1.30. The molecule has 2 atom stereocenters. The van der Waals surface area contributed by atoms with Gasteiger partial charge in [0.2, 0.25) is 6.10 Å². The van der Waals surface area contributed by atoms with Crippen LogP contribution in [0.2, 0.25) is 0 Å². The maximum Gasteiger partial charge on any atom is 0.269 e. The maximum absolute atomic E-state index is 12.7. The Morgan fingerprint density at radius 3 is 2.64 bits per heavy atom. The van der Waals surface area contributed by atoms with Crippen LogP contribution < -0.4 is 20.1 Å². The van der Waals surface area contributed by atoms with E-state index in [1.54, 1.807) is 36.4 Å². The molecular formula is C21H22N2O5. The average Bonchev–Trinajstić information content (AvgIpc) is 3.25. The lowest BCUT2D eigenvalue weighted by Crippen LogP contribution is -2.40. The van der Waals surface area contributed by atoms with E-state index in [0.717, 1.165) is 19.4 Å². The predicted molar refractivity (Wildman–Crippen MR) is 103 cm³/mol. The van der Waals surface area contributed by atoms with Crippen LogP contribution in [0, 0.1) is 0 Å². The molecule has 1 saturated heterocycles. The number of fused-ring (bicyclic) bond motifs is 1. The van der Waals surface area contributed by atoms with Gasteiger partial charge in [0.1, 0.15) is 6.61 Å². The van der Waals surface area contributed by atoms with Crippen molar-refractivity contribution in [2.75, 3.05) is 25.1 Å². The van der Waals surface area contributed by atoms with Crippen LogP contribution in [0.5, 0.6) is 11.5 Å². The number of carbonyl (C=O) groups is 2. The molecule has 2 amide bonds. The Kier molecular flexibility index (Phi) is 5.43. The van der Waals surface area contributed by atoms with E-state index in [1.807, 2.05) is 12.1 Å². The number of benzene rings is 2. The van der Waals surface area contributed by atoms with Crippen LogP contribution in [-0.2, 0) is 9.53 Å². The maximum atomic E-state index is 12.7. The Morgan fingerprint density at radius 2 is 1.82 bits per heavy atom. The second-order valence-electron chi connectivity index (χ2n) is 6.74. The number of hydrogen-bond acceptors (Lipinski definition) is 5. The molecular weight excluding hydrogens is 360 g/mol. The summed E-state index contributed by atoms with van der Waals surface area (Å²) in [7, 11) is 0. The highest BCUT2D eigenvalue weighted by molar-refractivity contribution is 6.04. The molecule has 4 rings (SSSR count). The standard InChI is InChI=1S/C21H22N2O5/c24-20(22-12-14-6-5-11-26-14)15-7-1-2-8-16(15)23-21(25)19-13-27-17-9-3-4-10-18(17)28-19/h1-4,7-10,14,19H,5-6,11-13H2,(H,22,24)(H,23,25)/t14-,19-/m0/s1. The van der Waals surface area contributed by atoms with E-state index in [2.05, 4.69) is 10.6 Å². The van der Waals surface area contributed by atoms with E-state index in [4.69, 9.17) is 14.2 Å². The van der Waals surface area contributed by atoms with Crippen molar-refractivity contribution in [3.63, 3.8) is 0 Å². The second kappa shape index (κ2) is 8.31. The van der Waals surface area contributed by atoms with Gasteiger partial charge >= 0.3 is 0 Å². The SMILES string of the molecule is O=C(NC[C@@H]1CCCO1)c1ccccc1NC(=O)[C@@H]1COc2ccccc2O1. The van der Waals surface area contributed by atoms with Crippen molar-refractivity contribution in [3.8, 4) is 11.5 Å². The number of anilines is 1. The Balaban J connectivity index is 1.40. The smallest absolute Gasteiger partial charge is 0.269 e. The van der Waals surface area contributed by atoms with Gasteiger partial charge in [0.25, 0.3) is 11.8 Å². The van der Waals surface area contributed by atoms with E-state index in [0.29, 0.717) is 29.3 Å². The normalized spacial score (nSPS) is 20.4. The molecule has 2 aliphatic rings. The molecule has 28 heavy (non-hydrogen) atoms. The van der Waals surface area contributed by atoms with Crippen LogP contribution >= 0.6 is 0 Å². The molecule has 0 saturated carbocycles. The van der Waals surface area contributed by atoms with Gasteiger partial charge in [0.15, 0.2) is 11.5 Å². The van der Waals surface area contributed by atoms with E-state index in [-0.39, 0.29) is 24.5 Å². The highest BCUT2D eigenvalue weighted by Crippen LogP contribution is 2.31.